The van der Waals surface area contributed by atoms with E-state index >= 15 is 0 Å². The van der Waals surface area contributed by atoms with Crippen molar-refractivity contribution < 1.29 is 9.59 Å². The molecule has 1 aromatic heterocycles. The average Bonchev–Trinajstić information content (AvgIpc) is 2.85. The van der Waals surface area contributed by atoms with E-state index in [0.717, 1.165) is 22.8 Å². The molecular weight excluding hydrogens is 250 g/mol. The summed E-state index contributed by atoms with van der Waals surface area (Å²) in [6, 6.07) is 14.8. The molecule has 0 saturated carbocycles. The Morgan fingerprint density at radius 3 is 2.65 bits per heavy atom. The number of rotatable bonds is 2. The minimum Gasteiger partial charge on any atom is -0.298 e. The predicted octanol–water partition coefficient (Wildman–Crippen LogP) is 3.45. The zero-order valence-electron chi connectivity index (χ0n) is 11.0. The van der Waals surface area contributed by atoms with Crippen LogP contribution in [0.15, 0.2) is 54.7 Å². The lowest BCUT2D eigenvalue weighted by Gasteiger charge is -2.04. The number of aryl methyl sites for hydroxylation is 1. The van der Waals surface area contributed by atoms with Gasteiger partial charge in [0.2, 0.25) is 0 Å². The molecule has 3 rings (SSSR count). The fourth-order valence-electron chi connectivity index (χ4n) is 2.39. The van der Waals surface area contributed by atoms with Crippen LogP contribution in [0.3, 0.4) is 0 Å². The van der Waals surface area contributed by atoms with Gasteiger partial charge in [0.05, 0.1) is 5.52 Å². The summed E-state index contributed by atoms with van der Waals surface area (Å²) in [6.07, 6.45) is 2.38. The summed E-state index contributed by atoms with van der Waals surface area (Å²) in [7, 11) is 0. The maximum Gasteiger partial charge on any atom is 0.262 e. The van der Waals surface area contributed by atoms with Gasteiger partial charge in [0.15, 0.2) is 6.29 Å². The molecule has 3 nitrogen and oxygen atoms in total. The maximum atomic E-state index is 12.6. The molecule has 3 aromatic rings. The first-order valence-electron chi connectivity index (χ1n) is 6.37. The van der Waals surface area contributed by atoms with E-state index < -0.39 is 0 Å². The molecule has 98 valence electrons. The molecule has 0 aliphatic heterocycles. The minimum absolute atomic E-state index is 0.127. The van der Waals surface area contributed by atoms with Crippen LogP contribution in [0, 0.1) is 6.92 Å². The molecule has 0 unspecified atom stereocenters. The van der Waals surface area contributed by atoms with Crippen molar-refractivity contribution >= 4 is 23.1 Å². The number of nitrogens with zero attached hydrogens (tertiary/aromatic N) is 1. The quantitative estimate of drug-likeness (QED) is 0.664. The Kier molecular flexibility index (Phi) is 2.95. The summed E-state index contributed by atoms with van der Waals surface area (Å²) in [6.45, 7) is 1.95. The van der Waals surface area contributed by atoms with Gasteiger partial charge in [0.1, 0.15) is 0 Å². The summed E-state index contributed by atoms with van der Waals surface area (Å²) in [5.41, 5.74) is 2.92. The first-order chi connectivity index (χ1) is 9.70. The highest BCUT2D eigenvalue weighted by Crippen LogP contribution is 2.21. The van der Waals surface area contributed by atoms with Crippen LogP contribution >= 0.6 is 0 Å². The lowest BCUT2D eigenvalue weighted by molar-refractivity contribution is 0.0965. The Morgan fingerprint density at radius 1 is 1.10 bits per heavy atom. The number of carbonyl (C=O) groups is 2. The molecule has 2 aromatic carbocycles. The van der Waals surface area contributed by atoms with Crippen molar-refractivity contribution in [2.45, 2.75) is 6.92 Å². The number of hydrogen-bond donors (Lipinski definition) is 0. The molecule has 0 aliphatic rings. The van der Waals surface area contributed by atoms with Gasteiger partial charge in [-0.2, -0.15) is 0 Å². The molecule has 0 bridgehead atoms. The molecule has 1 heterocycles. The zero-order valence-corrected chi connectivity index (χ0v) is 11.0. The second kappa shape index (κ2) is 4.78. The van der Waals surface area contributed by atoms with Gasteiger partial charge in [-0.1, -0.05) is 35.9 Å². The van der Waals surface area contributed by atoms with Crippen molar-refractivity contribution in [3.8, 4) is 0 Å². The molecule has 0 saturated heterocycles. The predicted molar refractivity (Wildman–Crippen MR) is 78.2 cm³/mol. The summed E-state index contributed by atoms with van der Waals surface area (Å²) in [4.78, 5) is 23.7. The Morgan fingerprint density at radius 2 is 1.90 bits per heavy atom. The Hall–Kier alpha value is -2.68. The van der Waals surface area contributed by atoms with Gasteiger partial charge in [-0.15, -0.1) is 0 Å². The standard InChI is InChI=1S/C17H13NO2/c1-12-5-4-6-13(9-12)17(20)18-10-14(11-19)15-7-2-3-8-16(15)18/h2-11H,1H3. The van der Waals surface area contributed by atoms with Crippen LogP contribution in [0.4, 0.5) is 0 Å². The maximum absolute atomic E-state index is 12.6. The van der Waals surface area contributed by atoms with Gasteiger partial charge in [-0.3, -0.25) is 14.2 Å². The third kappa shape index (κ3) is 1.93. The number of fused-ring (bicyclic) bond motifs is 1. The summed E-state index contributed by atoms with van der Waals surface area (Å²) < 4.78 is 1.54. The van der Waals surface area contributed by atoms with E-state index in [0.29, 0.717) is 11.1 Å². The fourth-order valence-corrected chi connectivity index (χ4v) is 2.39. The average molecular weight is 263 g/mol. The fraction of sp³-hybridized carbons (Fsp3) is 0.0588. The molecular formula is C17H13NO2. The lowest BCUT2D eigenvalue weighted by Crippen LogP contribution is -2.10. The van der Waals surface area contributed by atoms with Crippen LogP contribution in [-0.4, -0.2) is 16.8 Å². The molecule has 3 heteroatoms. The van der Waals surface area contributed by atoms with Crippen LogP contribution in [0.1, 0.15) is 26.3 Å². The lowest BCUT2D eigenvalue weighted by atomic mass is 10.1. The van der Waals surface area contributed by atoms with Gasteiger partial charge in [-0.05, 0) is 25.1 Å². The van der Waals surface area contributed by atoms with Crippen molar-refractivity contribution in [3.05, 3.63) is 71.4 Å². The monoisotopic (exact) mass is 263 g/mol. The van der Waals surface area contributed by atoms with Crippen LogP contribution in [0.25, 0.3) is 10.9 Å². The number of para-hydroxylation sites is 1. The van der Waals surface area contributed by atoms with Gasteiger partial charge >= 0.3 is 0 Å². The first-order valence-corrected chi connectivity index (χ1v) is 6.37. The van der Waals surface area contributed by atoms with Crippen molar-refractivity contribution in [2.24, 2.45) is 0 Å². The number of aldehydes is 1. The molecule has 0 amide bonds. The van der Waals surface area contributed by atoms with Crippen LogP contribution < -0.4 is 0 Å². The smallest absolute Gasteiger partial charge is 0.262 e. The first kappa shape index (κ1) is 12.4. The number of aromatic nitrogens is 1. The van der Waals surface area contributed by atoms with Crippen molar-refractivity contribution in [2.75, 3.05) is 0 Å². The van der Waals surface area contributed by atoms with E-state index in [1.807, 2.05) is 49.4 Å². The number of carbonyl (C=O) groups excluding carboxylic acids is 2. The highest BCUT2D eigenvalue weighted by atomic mass is 16.2. The second-order valence-electron chi connectivity index (χ2n) is 4.76. The van der Waals surface area contributed by atoms with Gasteiger partial charge in [0.25, 0.3) is 5.91 Å². The van der Waals surface area contributed by atoms with E-state index in [-0.39, 0.29) is 5.91 Å². The third-order valence-electron chi connectivity index (χ3n) is 3.35. The Bertz CT molecular complexity index is 815. The third-order valence-corrected chi connectivity index (χ3v) is 3.35. The topological polar surface area (TPSA) is 39.1 Å². The van der Waals surface area contributed by atoms with Gasteiger partial charge in [-0.25, -0.2) is 0 Å². The van der Waals surface area contributed by atoms with Crippen molar-refractivity contribution in [1.82, 2.24) is 4.57 Å². The molecule has 0 atom stereocenters. The van der Waals surface area contributed by atoms with E-state index in [1.165, 1.54) is 4.57 Å². The highest BCUT2D eigenvalue weighted by molar-refractivity contribution is 6.06. The minimum atomic E-state index is -0.127. The van der Waals surface area contributed by atoms with E-state index in [4.69, 9.17) is 0 Å². The van der Waals surface area contributed by atoms with Crippen LogP contribution in [0.5, 0.6) is 0 Å². The summed E-state index contributed by atoms with van der Waals surface area (Å²) in [5, 5.41) is 0.795. The molecule has 0 spiro atoms. The van der Waals surface area contributed by atoms with Crippen molar-refractivity contribution in [1.29, 1.82) is 0 Å². The Balaban J connectivity index is 2.19. The van der Waals surface area contributed by atoms with Gasteiger partial charge in [0, 0.05) is 22.7 Å². The van der Waals surface area contributed by atoms with Crippen LogP contribution in [-0.2, 0) is 0 Å². The molecule has 0 radical (unpaired) electrons. The Labute approximate surface area is 116 Å². The van der Waals surface area contributed by atoms with E-state index in [2.05, 4.69) is 0 Å². The SMILES string of the molecule is Cc1cccc(C(=O)n2cc(C=O)c3ccccc32)c1. The van der Waals surface area contributed by atoms with Crippen LogP contribution in [0.2, 0.25) is 0 Å². The second-order valence-corrected chi connectivity index (χ2v) is 4.76. The summed E-state index contributed by atoms with van der Waals surface area (Å²) >= 11 is 0. The largest absolute Gasteiger partial charge is 0.298 e. The molecule has 20 heavy (non-hydrogen) atoms. The van der Waals surface area contributed by atoms with E-state index in [1.54, 1.807) is 12.3 Å². The number of benzene rings is 2. The zero-order chi connectivity index (χ0) is 14.1. The normalized spacial score (nSPS) is 10.7. The van der Waals surface area contributed by atoms with E-state index in [9.17, 15) is 9.59 Å². The molecule has 0 fully saturated rings. The highest BCUT2D eigenvalue weighted by Gasteiger charge is 2.14. The summed E-state index contributed by atoms with van der Waals surface area (Å²) in [5.74, 6) is -0.127. The molecule has 0 aliphatic carbocycles. The van der Waals surface area contributed by atoms with Gasteiger partial charge < -0.3 is 0 Å². The number of hydrogen-bond acceptors (Lipinski definition) is 2. The van der Waals surface area contributed by atoms with Crippen molar-refractivity contribution in [3.63, 3.8) is 0 Å². The molecule has 0 N–H and O–H groups in total.